The zero-order valence-corrected chi connectivity index (χ0v) is 18.6. The van der Waals surface area contributed by atoms with Crippen LogP contribution in [0.15, 0.2) is 61.2 Å². The van der Waals surface area contributed by atoms with E-state index in [0.29, 0.717) is 17.8 Å². The van der Waals surface area contributed by atoms with Crippen LogP contribution in [0.2, 0.25) is 0 Å². The summed E-state index contributed by atoms with van der Waals surface area (Å²) in [7, 11) is 0. The molecule has 0 bridgehead atoms. The van der Waals surface area contributed by atoms with Gasteiger partial charge in [0.1, 0.15) is 11.5 Å². The third-order valence-electron chi connectivity index (χ3n) is 6.50. The Morgan fingerprint density at radius 3 is 2.79 bits per heavy atom. The quantitative estimate of drug-likeness (QED) is 0.477. The highest BCUT2D eigenvalue weighted by atomic mass is 19.1. The molecule has 1 unspecified atom stereocenters. The van der Waals surface area contributed by atoms with E-state index < -0.39 is 12.2 Å². The number of imidazole rings is 1. The second-order valence-electron chi connectivity index (χ2n) is 8.56. The molecule has 0 radical (unpaired) electrons. The molecule has 172 valence electrons. The molecule has 4 aromatic rings. The van der Waals surface area contributed by atoms with Gasteiger partial charge in [-0.15, -0.1) is 0 Å². The van der Waals surface area contributed by atoms with Gasteiger partial charge in [-0.1, -0.05) is 18.2 Å². The number of hydrogen-bond donors (Lipinski definition) is 1. The molecule has 2 aliphatic heterocycles. The lowest BCUT2D eigenvalue weighted by molar-refractivity contribution is 0.0938. The second-order valence-corrected chi connectivity index (χ2v) is 8.56. The highest BCUT2D eigenvalue weighted by Gasteiger charge is 2.32. The molecule has 8 nitrogen and oxygen atoms in total. The SMILES string of the molecule is O=C(c1cn2c(-c3ccnc(N4CCNCC4)c3)cnc2cn1)N1c2ccccc2CCC1F. The third-order valence-corrected chi connectivity index (χ3v) is 6.50. The predicted octanol–water partition coefficient (Wildman–Crippen LogP) is 3.09. The molecule has 2 aliphatic rings. The predicted molar refractivity (Wildman–Crippen MR) is 128 cm³/mol. The Morgan fingerprint density at radius 1 is 1.06 bits per heavy atom. The van der Waals surface area contributed by atoms with E-state index in [1.54, 1.807) is 30.9 Å². The molecule has 1 saturated heterocycles. The minimum absolute atomic E-state index is 0.169. The van der Waals surface area contributed by atoms with Gasteiger partial charge in [0.05, 0.1) is 23.8 Å². The number of benzene rings is 1. The Labute approximate surface area is 196 Å². The average Bonchev–Trinajstić information content (AvgIpc) is 3.32. The van der Waals surface area contributed by atoms with Gasteiger partial charge < -0.3 is 10.2 Å². The second kappa shape index (κ2) is 8.49. The fourth-order valence-corrected chi connectivity index (χ4v) is 4.73. The molecule has 1 fully saturated rings. The van der Waals surface area contributed by atoms with Crippen LogP contribution in [0, 0.1) is 0 Å². The van der Waals surface area contributed by atoms with Crippen molar-refractivity contribution in [2.75, 3.05) is 36.0 Å². The molecule has 9 heteroatoms. The summed E-state index contributed by atoms with van der Waals surface area (Å²) in [6.07, 6.45) is 6.24. The molecule has 34 heavy (non-hydrogen) atoms. The smallest absolute Gasteiger partial charge is 0.280 e. The lowest BCUT2D eigenvalue weighted by Gasteiger charge is -2.32. The number of alkyl halides is 1. The average molecular weight is 458 g/mol. The monoisotopic (exact) mass is 457 g/mol. The van der Waals surface area contributed by atoms with Crippen molar-refractivity contribution in [2.45, 2.75) is 19.1 Å². The fourth-order valence-electron chi connectivity index (χ4n) is 4.73. The van der Waals surface area contributed by atoms with Crippen LogP contribution < -0.4 is 15.1 Å². The van der Waals surface area contributed by atoms with E-state index >= 15 is 0 Å². The number of carbonyl (C=O) groups is 1. The Balaban J connectivity index is 1.37. The Bertz CT molecular complexity index is 1360. The van der Waals surface area contributed by atoms with Crippen molar-refractivity contribution in [3.8, 4) is 11.3 Å². The van der Waals surface area contributed by atoms with Gasteiger partial charge in [0.2, 0.25) is 0 Å². The Morgan fingerprint density at radius 2 is 1.91 bits per heavy atom. The van der Waals surface area contributed by atoms with Crippen molar-refractivity contribution in [1.29, 1.82) is 0 Å². The number of fused-ring (bicyclic) bond motifs is 2. The van der Waals surface area contributed by atoms with Gasteiger partial charge in [0, 0.05) is 50.6 Å². The number of halogens is 1. The molecule has 5 heterocycles. The summed E-state index contributed by atoms with van der Waals surface area (Å²) in [6, 6.07) is 11.4. The molecule has 6 rings (SSSR count). The summed E-state index contributed by atoms with van der Waals surface area (Å²) >= 11 is 0. The van der Waals surface area contributed by atoms with Crippen molar-refractivity contribution in [2.24, 2.45) is 0 Å². The number of nitrogens with one attached hydrogen (secondary N) is 1. The highest BCUT2D eigenvalue weighted by Crippen LogP contribution is 2.32. The minimum Gasteiger partial charge on any atom is -0.354 e. The number of nitrogens with zero attached hydrogens (tertiary/aromatic N) is 6. The molecule has 0 aliphatic carbocycles. The summed E-state index contributed by atoms with van der Waals surface area (Å²) in [4.78, 5) is 30.2. The fraction of sp³-hybridized carbons (Fsp3) is 0.280. The molecule has 1 amide bonds. The first kappa shape index (κ1) is 20.7. The first-order chi connectivity index (χ1) is 16.7. The third kappa shape index (κ3) is 3.58. The van der Waals surface area contributed by atoms with Crippen molar-refractivity contribution < 1.29 is 9.18 Å². The van der Waals surface area contributed by atoms with Crippen LogP contribution in [0.4, 0.5) is 15.9 Å². The summed E-state index contributed by atoms with van der Waals surface area (Å²) in [6.45, 7) is 3.64. The normalized spacial score (nSPS) is 18.2. The van der Waals surface area contributed by atoms with Crippen LogP contribution in [0.25, 0.3) is 16.9 Å². The number of pyridine rings is 1. The standard InChI is InChI=1S/C25H24FN7O/c26-22-6-5-17-3-1-2-4-20(17)33(22)25(34)19-16-32-21(14-30-24(32)15-29-19)18-7-8-28-23(13-18)31-11-9-27-10-12-31/h1-4,7-8,13-16,22,27H,5-6,9-12H2. The molecular weight excluding hydrogens is 433 g/mol. The number of piperazine rings is 1. The van der Waals surface area contributed by atoms with Crippen LogP contribution >= 0.6 is 0 Å². The Hall–Kier alpha value is -3.85. The summed E-state index contributed by atoms with van der Waals surface area (Å²) in [5.41, 5.74) is 4.11. The van der Waals surface area contributed by atoms with Crippen LogP contribution in [-0.2, 0) is 6.42 Å². The van der Waals surface area contributed by atoms with E-state index in [4.69, 9.17) is 0 Å². The van der Waals surface area contributed by atoms with Crippen molar-refractivity contribution in [3.63, 3.8) is 0 Å². The highest BCUT2D eigenvalue weighted by molar-refractivity contribution is 6.05. The van der Waals surface area contributed by atoms with Crippen LogP contribution in [0.3, 0.4) is 0 Å². The molecule has 1 N–H and O–H groups in total. The zero-order chi connectivity index (χ0) is 23.1. The van der Waals surface area contributed by atoms with E-state index in [9.17, 15) is 9.18 Å². The van der Waals surface area contributed by atoms with Gasteiger partial charge >= 0.3 is 0 Å². The van der Waals surface area contributed by atoms with E-state index in [-0.39, 0.29) is 12.1 Å². The van der Waals surface area contributed by atoms with Gasteiger partial charge in [-0.2, -0.15) is 0 Å². The lowest BCUT2D eigenvalue weighted by Crippen LogP contribution is -2.43. The number of carbonyl (C=O) groups excluding carboxylic acids is 1. The number of hydrogen-bond acceptors (Lipinski definition) is 6. The number of anilines is 2. The Kier molecular flexibility index (Phi) is 5.18. The summed E-state index contributed by atoms with van der Waals surface area (Å²) < 4.78 is 16.8. The molecule has 1 aromatic carbocycles. The van der Waals surface area contributed by atoms with Crippen molar-refractivity contribution in [1.82, 2.24) is 24.7 Å². The molecular formula is C25H24FN7O. The van der Waals surface area contributed by atoms with Gasteiger partial charge in [-0.05, 0) is 30.2 Å². The van der Waals surface area contributed by atoms with Crippen LogP contribution in [0.1, 0.15) is 22.5 Å². The minimum atomic E-state index is -1.39. The van der Waals surface area contributed by atoms with Gasteiger partial charge in [0.25, 0.3) is 5.91 Å². The summed E-state index contributed by atoms with van der Waals surface area (Å²) in [5, 5.41) is 3.35. The molecule has 0 spiro atoms. The first-order valence-corrected chi connectivity index (χ1v) is 11.5. The van der Waals surface area contributed by atoms with Gasteiger partial charge in [0.15, 0.2) is 11.9 Å². The van der Waals surface area contributed by atoms with Crippen LogP contribution in [-0.4, -0.2) is 57.7 Å². The number of rotatable bonds is 3. The number of aryl methyl sites for hydroxylation is 1. The number of aromatic nitrogens is 4. The summed E-state index contributed by atoms with van der Waals surface area (Å²) in [5.74, 6) is 0.446. The van der Waals surface area contributed by atoms with Gasteiger partial charge in [-0.25, -0.2) is 19.3 Å². The van der Waals surface area contributed by atoms with Crippen molar-refractivity contribution in [3.05, 3.63) is 72.4 Å². The topological polar surface area (TPSA) is 78.7 Å². The maximum Gasteiger partial charge on any atom is 0.280 e. The van der Waals surface area contributed by atoms with Crippen LogP contribution in [0.5, 0.6) is 0 Å². The van der Waals surface area contributed by atoms with E-state index in [2.05, 4.69) is 25.2 Å². The van der Waals surface area contributed by atoms with E-state index in [1.165, 1.54) is 4.90 Å². The number of amides is 1. The molecule has 3 aromatic heterocycles. The lowest BCUT2D eigenvalue weighted by atomic mass is 10.0. The molecule has 0 saturated carbocycles. The van der Waals surface area contributed by atoms with E-state index in [1.807, 2.05) is 34.7 Å². The maximum absolute atomic E-state index is 14.9. The largest absolute Gasteiger partial charge is 0.354 e. The maximum atomic E-state index is 14.9. The first-order valence-electron chi connectivity index (χ1n) is 11.5. The number of para-hydroxylation sites is 1. The van der Waals surface area contributed by atoms with E-state index in [0.717, 1.165) is 48.8 Å². The molecule has 1 atom stereocenters. The van der Waals surface area contributed by atoms with Crippen molar-refractivity contribution >= 4 is 23.1 Å². The van der Waals surface area contributed by atoms with Gasteiger partial charge in [-0.3, -0.25) is 14.1 Å². The zero-order valence-electron chi connectivity index (χ0n) is 18.6.